The molecule has 0 radical (unpaired) electrons. The molecule has 5 N–H and O–H groups in total. The number of nitrogens with two attached hydrogens (primary N) is 1. The van der Waals surface area contributed by atoms with Crippen LogP contribution in [0.5, 0.6) is 0 Å². The molecule has 1 saturated carbocycles. The lowest BCUT2D eigenvalue weighted by atomic mass is 10.0. The van der Waals surface area contributed by atoms with Gasteiger partial charge in [0.2, 0.25) is 0 Å². The Hall–Kier alpha value is -2.54. The van der Waals surface area contributed by atoms with Crippen LogP contribution in [0.4, 0.5) is 0 Å². The summed E-state index contributed by atoms with van der Waals surface area (Å²) < 4.78 is 0. The number of hydrogen-bond donors (Lipinski definition) is 4. The molecule has 3 aromatic rings. The molecule has 2 fully saturated rings. The van der Waals surface area contributed by atoms with Gasteiger partial charge < -0.3 is 21.7 Å². The van der Waals surface area contributed by atoms with Gasteiger partial charge in [-0.1, -0.05) is 104 Å². The Labute approximate surface area is 261 Å². The van der Waals surface area contributed by atoms with Crippen molar-refractivity contribution in [1.29, 1.82) is 0 Å². The highest BCUT2D eigenvalue weighted by atomic mass is 15.2. The van der Waals surface area contributed by atoms with Crippen LogP contribution in [0.15, 0.2) is 91.0 Å². The van der Waals surface area contributed by atoms with Crippen molar-refractivity contribution < 1.29 is 0 Å². The standard InChI is InChI=1S/C38H55N5/c39-26-35(23-31-13-4-1-5-14-31)42-29-38-21-12-22-43(38)30-37(25-33-17-8-3-9-18-33)41-28-36(24-32-15-6-2-7-16-32)40-27-34-19-10-11-20-34/h1-9,13-18,34-38,40-42H,10-12,19-30,39H2/t35-,36-,37-,38-/m0/s1. The third-order valence-corrected chi connectivity index (χ3v) is 9.68. The van der Waals surface area contributed by atoms with Crippen molar-refractivity contribution in [3.8, 4) is 0 Å². The molecular weight excluding hydrogens is 526 g/mol. The molecule has 5 rings (SSSR count). The molecule has 0 amide bonds. The van der Waals surface area contributed by atoms with Crippen LogP contribution in [0.25, 0.3) is 0 Å². The van der Waals surface area contributed by atoms with Gasteiger partial charge in [-0.25, -0.2) is 0 Å². The van der Waals surface area contributed by atoms with Crippen molar-refractivity contribution in [3.63, 3.8) is 0 Å². The number of nitrogens with one attached hydrogen (secondary N) is 3. The molecule has 3 aromatic carbocycles. The lowest BCUT2D eigenvalue weighted by Gasteiger charge is -2.32. The second-order valence-electron chi connectivity index (χ2n) is 13.1. The maximum absolute atomic E-state index is 6.20. The highest BCUT2D eigenvalue weighted by Gasteiger charge is 2.28. The van der Waals surface area contributed by atoms with Crippen molar-refractivity contribution in [2.24, 2.45) is 11.7 Å². The second-order valence-corrected chi connectivity index (χ2v) is 13.1. The van der Waals surface area contributed by atoms with Crippen molar-refractivity contribution in [3.05, 3.63) is 108 Å². The lowest BCUT2D eigenvalue weighted by molar-refractivity contribution is 0.212. The Balaban J connectivity index is 1.20. The van der Waals surface area contributed by atoms with Gasteiger partial charge in [-0.2, -0.15) is 0 Å². The van der Waals surface area contributed by atoms with E-state index >= 15 is 0 Å². The molecule has 1 aliphatic heterocycles. The Morgan fingerprint density at radius 2 is 1.14 bits per heavy atom. The molecule has 0 spiro atoms. The molecule has 2 aliphatic rings. The topological polar surface area (TPSA) is 65.3 Å². The van der Waals surface area contributed by atoms with E-state index in [2.05, 4.69) is 112 Å². The van der Waals surface area contributed by atoms with Crippen LogP contribution in [0.3, 0.4) is 0 Å². The van der Waals surface area contributed by atoms with Crippen molar-refractivity contribution >= 4 is 0 Å². The van der Waals surface area contributed by atoms with E-state index in [1.807, 2.05) is 0 Å². The smallest absolute Gasteiger partial charge is 0.0236 e. The van der Waals surface area contributed by atoms with Gasteiger partial charge in [0.15, 0.2) is 0 Å². The summed E-state index contributed by atoms with van der Waals surface area (Å²) in [6.07, 6.45) is 11.2. The van der Waals surface area contributed by atoms with Crippen molar-refractivity contribution in [2.75, 3.05) is 39.3 Å². The van der Waals surface area contributed by atoms with Crippen LogP contribution >= 0.6 is 0 Å². The van der Waals surface area contributed by atoms with Gasteiger partial charge in [-0.3, -0.25) is 4.90 Å². The molecule has 1 saturated heterocycles. The maximum Gasteiger partial charge on any atom is 0.0236 e. The summed E-state index contributed by atoms with van der Waals surface area (Å²) in [4.78, 5) is 2.74. The number of benzene rings is 3. The van der Waals surface area contributed by atoms with Gasteiger partial charge in [0.25, 0.3) is 0 Å². The summed E-state index contributed by atoms with van der Waals surface area (Å²) in [6.45, 7) is 6.06. The molecule has 5 nitrogen and oxygen atoms in total. The molecule has 43 heavy (non-hydrogen) atoms. The molecule has 0 unspecified atom stereocenters. The summed E-state index contributed by atoms with van der Waals surface area (Å²) in [7, 11) is 0. The van der Waals surface area contributed by atoms with E-state index in [9.17, 15) is 0 Å². The minimum Gasteiger partial charge on any atom is -0.329 e. The first-order chi connectivity index (χ1) is 21.2. The first kappa shape index (κ1) is 31.9. The highest BCUT2D eigenvalue weighted by molar-refractivity contribution is 5.18. The number of nitrogens with zero attached hydrogens (tertiary/aromatic N) is 1. The number of rotatable bonds is 18. The molecule has 0 bridgehead atoms. The average molecular weight is 582 g/mol. The zero-order valence-electron chi connectivity index (χ0n) is 26.2. The molecule has 1 aliphatic carbocycles. The van der Waals surface area contributed by atoms with E-state index in [1.165, 1.54) is 61.8 Å². The molecule has 232 valence electrons. The Bertz CT molecular complexity index is 1130. The van der Waals surface area contributed by atoms with E-state index < -0.39 is 0 Å². The van der Waals surface area contributed by atoms with E-state index in [0.29, 0.717) is 30.7 Å². The Morgan fingerprint density at radius 1 is 0.605 bits per heavy atom. The van der Waals surface area contributed by atoms with Crippen LogP contribution in [0, 0.1) is 5.92 Å². The SMILES string of the molecule is NC[C@H](Cc1ccccc1)NC[C@@H]1CCCN1C[C@H](Cc1ccccc1)NC[C@H](Cc1ccccc1)NCC1CCCC1. The fraction of sp³-hybridized carbons (Fsp3) is 0.526. The summed E-state index contributed by atoms with van der Waals surface area (Å²) in [5, 5.41) is 11.9. The maximum atomic E-state index is 6.20. The summed E-state index contributed by atoms with van der Waals surface area (Å²) in [5.74, 6) is 0.843. The number of likely N-dealkylation sites (tertiary alicyclic amines) is 1. The minimum atomic E-state index is 0.313. The van der Waals surface area contributed by atoms with Crippen molar-refractivity contribution in [2.45, 2.75) is 82.0 Å². The summed E-state index contributed by atoms with van der Waals surface area (Å²) >= 11 is 0. The van der Waals surface area contributed by atoms with Gasteiger partial charge in [0.05, 0.1) is 0 Å². The third-order valence-electron chi connectivity index (χ3n) is 9.68. The monoisotopic (exact) mass is 581 g/mol. The average Bonchev–Trinajstić information content (AvgIpc) is 3.74. The molecular formula is C38H55N5. The van der Waals surface area contributed by atoms with Crippen LogP contribution in [-0.2, 0) is 19.3 Å². The van der Waals surface area contributed by atoms with Gasteiger partial charge in [-0.05, 0) is 80.6 Å². The number of hydrogen-bond acceptors (Lipinski definition) is 5. The van der Waals surface area contributed by atoms with E-state index in [0.717, 1.165) is 51.4 Å². The highest BCUT2D eigenvalue weighted by Crippen LogP contribution is 2.24. The Kier molecular flexibility index (Phi) is 13.1. The van der Waals surface area contributed by atoms with Crippen LogP contribution in [-0.4, -0.2) is 68.3 Å². The Morgan fingerprint density at radius 3 is 1.72 bits per heavy atom. The van der Waals surface area contributed by atoms with Gasteiger partial charge in [0, 0.05) is 50.3 Å². The van der Waals surface area contributed by atoms with Crippen LogP contribution in [0.2, 0.25) is 0 Å². The second kappa shape index (κ2) is 17.7. The van der Waals surface area contributed by atoms with Crippen LogP contribution in [0.1, 0.15) is 55.2 Å². The van der Waals surface area contributed by atoms with Crippen molar-refractivity contribution in [1.82, 2.24) is 20.9 Å². The lowest BCUT2D eigenvalue weighted by Crippen LogP contribution is -2.51. The van der Waals surface area contributed by atoms with Crippen LogP contribution < -0.4 is 21.7 Å². The minimum absolute atomic E-state index is 0.313. The molecule has 0 aromatic heterocycles. The molecule has 5 heteroatoms. The fourth-order valence-electron chi connectivity index (χ4n) is 7.16. The fourth-order valence-corrected chi connectivity index (χ4v) is 7.16. The largest absolute Gasteiger partial charge is 0.329 e. The third kappa shape index (κ3) is 10.8. The van der Waals surface area contributed by atoms with E-state index in [1.54, 1.807) is 0 Å². The quantitative estimate of drug-likeness (QED) is 0.166. The summed E-state index contributed by atoms with van der Waals surface area (Å²) in [6, 6.07) is 34.5. The predicted octanol–water partition coefficient (Wildman–Crippen LogP) is 5.20. The van der Waals surface area contributed by atoms with Gasteiger partial charge in [-0.15, -0.1) is 0 Å². The summed E-state index contributed by atoms with van der Waals surface area (Å²) in [5.41, 5.74) is 10.4. The van der Waals surface area contributed by atoms with E-state index in [-0.39, 0.29) is 0 Å². The molecule has 4 atom stereocenters. The molecule has 1 heterocycles. The first-order valence-electron chi connectivity index (χ1n) is 17.0. The zero-order valence-corrected chi connectivity index (χ0v) is 26.2. The van der Waals surface area contributed by atoms with Gasteiger partial charge in [0.1, 0.15) is 0 Å². The predicted molar refractivity (Wildman–Crippen MR) is 181 cm³/mol. The first-order valence-corrected chi connectivity index (χ1v) is 17.0. The van der Waals surface area contributed by atoms with E-state index in [4.69, 9.17) is 5.73 Å². The normalized spacial score (nSPS) is 19.9. The van der Waals surface area contributed by atoms with Gasteiger partial charge >= 0.3 is 0 Å². The zero-order chi connectivity index (χ0) is 29.5.